The van der Waals surface area contributed by atoms with Crippen molar-refractivity contribution in [2.75, 3.05) is 5.32 Å². The summed E-state index contributed by atoms with van der Waals surface area (Å²) in [5, 5.41) is 3.33. The lowest BCUT2D eigenvalue weighted by Gasteiger charge is -2.11. The predicted octanol–water partition coefficient (Wildman–Crippen LogP) is 4.01. The summed E-state index contributed by atoms with van der Waals surface area (Å²) in [5.74, 6) is -0.416. The Bertz CT molecular complexity index is 628. The fourth-order valence-electron chi connectivity index (χ4n) is 1.45. The molecule has 0 spiro atoms. The van der Waals surface area contributed by atoms with Crippen LogP contribution in [0.5, 0.6) is 0 Å². The second kappa shape index (κ2) is 5.81. The molecule has 2 aromatic rings. The summed E-state index contributed by atoms with van der Waals surface area (Å²) in [7, 11) is 0. The smallest absolute Gasteiger partial charge is 0.125 e. The zero-order valence-corrected chi connectivity index (χ0v) is 12.6. The minimum Gasteiger partial charge on any atom is -0.388 e. The largest absolute Gasteiger partial charge is 0.388 e. The zero-order valence-electron chi connectivity index (χ0n) is 9.45. The highest BCUT2D eigenvalue weighted by Crippen LogP contribution is 2.34. The van der Waals surface area contributed by atoms with E-state index in [9.17, 15) is 4.39 Å². The fourth-order valence-corrected chi connectivity index (χ4v) is 2.46. The highest BCUT2D eigenvalue weighted by atomic mass is 79.9. The molecule has 2 rings (SSSR count). The van der Waals surface area contributed by atoms with Crippen LogP contribution in [0.15, 0.2) is 34.9 Å². The van der Waals surface area contributed by atoms with Crippen molar-refractivity contribution in [2.45, 2.75) is 0 Å². The molecule has 0 saturated carbocycles. The Kier molecular flexibility index (Phi) is 4.34. The monoisotopic (exact) mass is 359 g/mol. The van der Waals surface area contributed by atoms with Crippen LogP contribution in [0.3, 0.4) is 0 Å². The second-order valence-electron chi connectivity index (χ2n) is 3.66. The van der Waals surface area contributed by atoms with E-state index in [0.717, 1.165) is 0 Å². The van der Waals surface area contributed by atoms with Crippen LogP contribution in [0, 0.1) is 5.82 Å². The number of nitrogens with one attached hydrogen (secondary N) is 1. The molecule has 0 aliphatic carbocycles. The van der Waals surface area contributed by atoms with Crippen LogP contribution in [0.2, 0.25) is 5.02 Å². The number of hydrogen-bond acceptors (Lipinski definition) is 3. The maximum atomic E-state index is 13.1. The van der Waals surface area contributed by atoms with E-state index in [-0.39, 0.29) is 10.0 Å². The van der Waals surface area contributed by atoms with Gasteiger partial charge in [-0.05, 0) is 40.2 Å². The van der Waals surface area contributed by atoms with Gasteiger partial charge >= 0.3 is 0 Å². The van der Waals surface area contributed by atoms with Gasteiger partial charge in [-0.1, -0.05) is 23.8 Å². The Morgan fingerprint density at radius 3 is 2.79 bits per heavy atom. The van der Waals surface area contributed by atoms with Crippen molar-refractivity contribution < 1.29 is 4.39 Å². The van der Waals surface area contributed by atoms with Gasteiger partial charge in [0.1, 0.15) is 10.8 Å². The summed E-state index contributed by atoms with van der Waals surface area (Å²) in [4.78, 5) is 4.23. The van der Waals surface area contributed by atoms with Gasteiger partial charge in [0, 0.05) is 16.4 Å². The first kappa shape index (κ1) is 14.2. The maximum absolute atomic E-state index is 13.1. The Balaban J connectivity index is 2.36. The van der Waals surface area contributed by atoms with Crippen molar-refractivity contribution in [2.24, 2.45) is 5.73 Å². The summed E-state index contributed by atoms with van der Waals surface area (Å²) in [6.07, 6.45) is 1.57. The van der Waals surface area contributed by atoms with Crippen LogP contribution in [0.1, 0.15) is 5.69 Å². The molecule has 0 amide bonds. The second-order valence-corrected chi connectivity index (χ2v) is 5.36. The molecular weight excluding hydrogens is 353 g/mol. The molecular formula is C12H8BrClFN3S. The lowest BCUT2D eigenvalue weighted by Crippen LogP contribution is -2.11. The highest BCUT2D eigenvalue weighted by Gasteiger charge is 2.09. The Hall–Kier alpha value is -1.24. The van der Waals surface area contributed by atoms with Gasteiger partial charge in [0.2, 0.25) is 0 Å². The molecule has 0 aliphatic rings. The molecule has 0 atom stereocenters. The van der Waals surface area contributed by atoms with E-state index in [2.05, 4.69) is 26.2 Å². The van der Waals surface area contributed by atoms with E-state index in [1.54, 1.807) is 18.3 Å². The number of nitrogens with two attached hydrogens (primary N) is 1. The van der Waals surface area contributed by atoms with Gasteiger partial charge in [-0.2, -0.15) is 0 Å². The van der Waals surface area contributed by atoms with Crippen LogP contribution in [-0.2, 0) is 0 Å². The van der Waals surface area contributed by atoms with Gasteiger partial charge < -0.3 is 11.1 Å². The number of nitrogens with zero attached hydrogens (tertiary/aromatic N) is 1. The van der Waals surface area contributed by atoms with E-state index in [1.807, 2.05) is 0 Å². The average Bonchev–Trinajstić information content (AvgIpc) is 2.34. The molecule has 1 aromatic carbocycles. The van der Waals surface area contributed by atoms with Crippen LogP contribution in [0.4, 0.5) is 15.8 Å². The number of benzene rings is 1. The van der Waals surface area contributed by atoms with Gasteiger partial charge in [0.25, 0.3) is 0 Å². The molecule has 3 N–H and O–H groups in total. The number of anilines is 2. The molecule has 0 bridgehead atoms. The van der Waals surface area contributed by atoms with Gasteiger partial charge in [0.15, 0.2) is 0 Å². The van der Waals surface area contributed by atoms with Crippen LogP contribution >= 0.6 is 39.7 Å². The summed E-state index contributed by atoms with van der Waals surface area (Å²) < 4.78 is 13.7. The summed E-state index contributed by atoms with van der Waals surface area (Å²) in [6.45, 7) is 0. The van der Waals surface area contributed by atoms with Gasteiger partial charge in [-0.25, -0.2) is 4.39 Å². The van der Waals surface area contributed by atoms with Crippen LogP contribution in [0.25, 0.3) is 0 Å². The molecule has 0 radical (unpaired) electrons. The summed E-state index contributed by atoms with van der Waals surface area (Å²) >= 11 is 14.1. The fraction of sp³-hybridized carbons (Fsp3) is 0. The van der Waals surface area contributed by atoms with Crippen molar-refractivity contribution in [3.63, 3.8) is 0 Å². The van der Waals surface area contributed by atoms with Crippen molar-refractivity contribution in [3.8, 4) is 0 Å². The first-order valence-corrected chi connectivity index (χ1v) is 6.72. The normalized spacial score (nSPS) is 10.3. The number of hydrogen-bond donors (Lipinski definition) is 2. The molecule has 0 saturated heterocycles. The number of thiocarbonyl (C=S) groups is 1. The highest BCUT2D eigenvalue weighted by molar-refractivity contribution is 9.10. The minimum atomic E-state index is -0.416. The standard InChI is InChI=1S/C12H8BrClFN3S/c13-8-3-6(15)4-9(14)11(8)18-7-1-2-17-10(5-7)12(16)19/h1-5H,(H2,16,19)(H,17,18). The topological polar surface area (TPSA) is 50.9 Å². The lowest BCUT2D eigenvalue weighted by atomic mass is 10.2. The molecule has 1 heterocycles. The Morgan fingerprint density at radius 1 is 1.42 bits per heavy atom. The van der Waals surface area contributed by atoms with E-state index in [1.165, 1.54) is 12.1 Å². The Labute approximate surface area is 128 Å². The first-order chi connectivity index (χ1) is 8.97. The van der Waals surface area contributed by atoms with Crippen LogP contribution in [-0.4, -0.2) is 9.97 Å². The number of rotatable bonds is 3. The van der Waals surface area contributed by atoms with Crippen molar-refractivity contribution in [1.82, 2.24) is 4.98 Å². The molecule has 0 unspecified atom stereocenters. The predicted molar refractivity (Wildman–Crippen MR) is 82.5 cm³/mol. The van der Waals surface area contributed by atoms with Crippen molar-refractivity contribution >= 4 is 56.1 Å². The van der Waals surface area contributed by atoms with E-state index in [0.29, 0.717) is 21.5 Å². The molecule has 1 aromatic heterocycles. The van der Waals surface area contributed by atoms with Gasteiger partial charge in [-0.15, -0.1) is 0 Å². The zero-order chi connectivity index (χ0) is 14.0. The summed E-state index contributed by atoms with van der Waals surface area (Å²) in [5.41, 5.74) is 7.27. The van der Waals surface area contributed by atoms with Gasteiger partial charge in [0.05, 0.1) is 16.4 Å². The van der Waals surface area contributed by atoms with Crippen LogP contribution < -0.4 is 11.1 Å². The van der Waals surface area contributed by atoms with E-state index in [4.69, 9.17) is 29.6 Å². The molecule has 3 nitrogen and oxygen atoms in total. The number of pyridine rings is 1. The van der Waals surface area contributed by atoms with Crippen molar-refractivity contribution in [1.29, 1.82) is 0 Å². The Morgan fingerprint density at radius 2 is 2.16 bits per heavy atom. The molecule has 19 heavy (non-hydrogen) atoms. The quantitative estimate of drug-likeness (QED) is 0.812. The number of halogens is 3. The van der Waals surface area contributed by atoms with E-state index >= 15 is 0 Å². The number of aromatic nitrogens is 1. The van der Waals surface area contributed by atoms with Gasteiger partial charge in [-0.3, -0.25) is 4.98 Å². The third-order valence-electron chi connectivity index (χ3n) is 2.29. The molecule has 7 heteroatoms. The maximum Gasteiger partial charge on any atom is 0.125 e. The first-order valence-electron chi connectivity index (χ1n) is 5.15. The molecule has 98 valence electrons. The molecule has 0 fully saturated rings. The minimum absolute atomic E-state index is 0.202. The van der Waals surface area contributed by atoms with E-state index < -0.39 is 5.82 Å². The third kappa shape index (κ3) is 3.40. The average molecular weight is 361 g/mol. The third-order valence-corrected chi connectivity index (χ3v) is 3.42. The van der Waals surface area contributed by atoms with Crippen molar-refractivity contribution in [3.05, 3.63) is 51.5 Å². The lowest BCUT2D eigenvalue weighted by molar-refractivity contribution is 0.627. The summed E-state index contributed by atoms with van der Waals surface area (Å²) in [6, 6.07) is 5.97. The molecule has 0 aliphatic heterocycles. The SMILES string of the molecule is NC(=S)c1cc(Nc2c(Cl)cc(F)cc2Br)ccn1.